The second-order valence-electron chi connectivity index (χ2n) is 5.78. The van der Waals surface area contributed by atoms with Crippen molar-refractivity contribution in [2.24, 2.45) is 0 Å². The van der Waals surface area contributed by atoms with Crippen molar-refractivity contribution in [2.45, 2.75) is 50.5 Å². The molecule has 0 radical (unpaired) electrons. The Kier molecular flexibility index (Phi) is 3.39. The first kappa shape index (κ1) is 11.9. The zero-order valence-electron chi connectivity index (χ0n) is 10.8. The molecule has 4 heteroatoms. The van der Waals surface area contributed by atoms with Gasteiger partial charge in [0.2, 0.25) is 0 Å². The summed E-state index contributed by atoms with van der Waals surface area (Å²) in [5.74, 6) is -0.190. The summed E-state index contributed by atoms with van der Waals surface area (Å²) in [6.45, 7) is 7.44. The summed E-state index contributed by atoms with van der Waals surface area (Å²) in [6.07, 6.45) is 5.01. The van der Waals surface area contributed by atoms with E-state index < -0.39 is 0 Å². The first-order valence-corrected chi connectivity index (χ1v) is 7.03. The summed E-state index contributed by atoms with van der Waals surface area (Å²) in [5, 5.41) is 3.47. The van der Waals surface area contributed by atoms with Gasteiger partial charge in [-0.3, -0.25) is 4.90 Å². The maximum atomic E-state index is 6.16. The van der Waals surface area contributed by atoms with Crippen LogP contribution in [-0.2, 0) is 9.47 Å². The SMILES string of the molecule is C[C@@H]1CN(CC2COC3(CCCC3)O2)CCN1. The first-order valence-electron chi connectivity index (χ1n) is 7.03. The van der Waals surface area contributed by atoms with Gasteiger partial charge >= 0.3 is 0 Å². The summed E-state index contributed by atoms with van der Waals surface area (Å²) in [7, 11) is 0. The number of nitrogens with zero attached hydrogens (tertiary/aromatic N) is 1. The van der Waals surface area contributed by atoms with Gasteiger partial charge in [0.1, 0.15) is 0 Å². The third kappa shape index (κ3) is 2.65. The molecule has 98 valence electrons. The summed E-state index contributed by atoms with van der Waals surface area (Å²) in [4.78, 5) is 2.50. The van der Waals surface area contributed by atoms with Gasteiger partial charge in [0, 0.05) is 45.1 Å². The topological polar surface area (TPSA) is 33.7 Å². The molecule has 2 saturated heterocycles. The number of rotatable bonds is 2. The van der Waals surface area contributed by atoms with E-state index in [1.54, 1.807) is 0 Å². The molecule has 1 saturated carbocycles. The number of hydrogen-bond acceptors (Lipinski definition) is 4. The molecule has 0 aromatic carbocycles. The Morgan fingerprint density at radius 1 is 1.35 bits per heavy atom. The van der Waals surface area contributed by atoms with Crippen LogP contribution in [0.4, 0.5) is 0 Å². The quantitative estimate of drug-likeness (QED) is 0.780. The van der Waals surface area contributed by atoms with E-state index >= 15 is 0 Å². The van der Waals surface area contributed by atoms with Gasteiger partial charge in [-0.2, -0.15) is 0 Å². The minimum Gasteiger partial charge on any atom is -0.347 e. The second kappa shape index (κ2) is 4.84. The predicted molar refractivity (Wildman–Crippen MR) is 65.9 cm³/mol. The number of hydrogen-bond donors (Lipinski definition) is 1. The van der Waals surface area contributed by atoms with Crippen LogP contribution < -0.4 is 5.32 Å². The molecule has 2 aliphatic heterocycles. The summed E-state index contributed by atoms with van der Waals surface area (Å²) < 4.78 is 12.1. The van der Waals surface area contributed by atoms with Crippen molar-refractivity contribution < 1.29 is 9.47 Å². The van der Waals surface area contributed by atoms with Crippen molar-refractivity contribution in [1.29, 1.82) is 0 Å². The lowest BCUT2D eigenvalue weighted by Gasteiger charge is -2.33. The largest absolute Gasteiger partial charge is 0.347 e. The third-order valence-corrected chi connectivity index (χ3v) is 4.19. The Morgan fingerprint density at radius 3 is 2.94 bits per heavy atom. The minimum absolute atomic E-state index is 0.190. The normalized spacial score (nSPS) is 37.9. The standard InChI is InChI=1S/C13H24N2O2/c1-11-8-15(7-6-14-11)9-12-10-16-13(17-12)4-2-3-5-13/h11-12,14H,2-10H2,1H3/t11-,12?/m1/s1. The van der Waals surface area contributed by atoms with Crippen LogP contribution in [-0.4, -0.2) is 55.6 Å². The predicted octanol–water partition coefficient (Wildman–Crippen LogP) is 0.966. The van der Waals surface area contributed by atoms with E-state index in [0.717, 1.165) is 45.6 Å². The molecule has 1 spiro atoms. The molecule has 3 aliphatic rings. The molecule has 0 bridgehead atoms. The van der Waals surface area contributed by atoms with Crippen LogP contribution in [0.3, 0.4) is 0 Å². The maximum Gasteiger partial charge on any atom is 0.168 e. The van der Waals surface area contributed by atoms with Gasteiger partial charge in [0.25, 0.3) is 0 Å². The highest BCUT2D eigenvalue weighted by Gasteiger charge is 2.44. The highest BCUT2D eigenvalue weighted by atomic mass is 16.7. The zero-order valence-corrected chi connectivity index (χ0v) is 10.8. The lowest BCUT2D eigenvalue weighted by atomic mass is 10.2. The highest BCUT2D eigenvalue weighted by Crippen LogP contribution is 2.39. The van der Waals surface area contributed by atoms with Crippen molar-refractivity contribution >= 4 is 0 Å². The van der Waals surface area contributed by atoms with Crippen LogP contribution in [0.1, 0.15) is 32.6 Å². The Labute approximate surface area is 104 Å². The number of nitrogens with one attached hydrogen (secondary N) is 1. The molecule has 2 atom stereocenters. The van der Waals surface area contributed by atoms with Crippen LogP contribution in [0.2, 0.25) is 0 Å². The van der Waals surface area contributed by atoms with Gasteiger partial charge in [0.15, 0.2) is 5.79 Å². The summed E-state index contributed by atoms with van der Waals surface area (Å²) in [6, 6.07) is 0.603. The smallest absolute Gasteiger partial charge is 0.168 e. The van der Waals surface area contributed by atoms with E-state index in [1.807, 2.05) is 0 Å². The monoisotopic (exact) mass is 240 g/mol. The Balaban J connectivity index is 1.50. The Morgan fingerprint density at radius 2 is 2.18 bits per heavy atom. The molecule has 0 aromatic rings. The molecule has 2 heterocycles. The lowest BCUT2D eigenvalue weighted by molar-refractivity contribution is -0.163. The summed E-state index contributed by atoms with van der Waals surface area (Å²) >= 11 is 0. The number of piperazine rings is 1. The minimum atomic E-state index is -0.190. The molecule has 0 amide bonds. The molecule has 1 aliphatic carbocycles. The molecule has 1 unspecified atom stereocenters. The van der Waals surface area contributed by atoms with Crippen molar-refractivity contribution in [1.82, 2.24) is 10.2 Å². The van der Waals surface area contributed by atoms with Gasteiger partial charge in [-0.1, -0.05) is 0 Å². The fourth-order valence-electron chi connectivity index (χ4n) is 3.35. The molecule has 17 heavy (non-hydrogen) atoms. The van der Waals surface area contributed by atoms with Crippen molar-refractivity contribution in [3.63, 3.8) is 0 Å². The lowest BCUT2D eigenvalue weighted by Crippen LogP contribution is -2.51. The summed E-state index contributed by atoms with van der Waals surface area (Å²) in [5.41, 5.74) is 0. The van der Waals surface area contributed by atoms with E-state index in [9.17, 15) is 0 Å². The molecule has 3 fully saturated rings. The Hall–Kier alpha value is -0.160. The van der Waals surface area contributed by atoms with E-state index in [2.05, 4.69) is 17.1 Å². The average Bonchev–Trinajstić information content (AvgIpc) is 2.90. The zero-order chi connectivity index (χ0) is 11.7. The van der Waals surface area contributed by atoms with Gasteiger partial charge < -0.3 is 14.8 Å². The van der Waals surface area contributed by atoms with Gasteiger partial charge in [-0.15, -0.1) is 0 Å². The van der Waals surface area contributed by atoms with Crippen molar-refractivity contribution in [2.75, 3.05) is 32.8 Å². The molecule has 1 N–H and O–H groups in total. The van der Waals surface area contributed by atoms with E-state index in [-0.39, 0.29) is 5.79 Å². The van der Waals surface area contributed by atoms with Gasteiger partial charge in [0.05, 0.1) is 12.7 Å². The van der Waals surface area contributed by atoms with Crippen LogP contribution >= 0.6 is 0 Å². The van der Waals surface area contributed by atoms with Crippen LogP contribution in [0.15, 0.2) is 0 Å². The van der Waals surface area contributed by atoms with E-state index in [1.165, 1.54) is 12.8 Å². The second-order valence-corrected chi connectivity index (χ2v) is 5.78. The van der Waals surface area contributed by atoms with Crippen LogP contribution in [0.25, 0.3) is 0 Å². The van der Waals surface area contributed by atoms with Gasteiger partial charge in [-0.05, 0) is 19.8 Å². The van der Waals surface area contributed by atoms with Crippen molar-refractivity contribution in [3.8, 4) is 0 Å². The molecule has 0 aromatic heterocycles. The van der Waals surface area contributed by atoms with Crippen molar-refractivity contribution in [3.05, 3.63) is 0 Å². The Bertz CT molecular complexity index is 266. The van der Waals surface area contributed by atoms with Gasteiger partial charge in [-0.25, -0.2) is 0 Å². The fourth-order valence-corrected chi connectivity index (χ4v) is 3.35. The average molecular weight is 240 g/mol. The maximum absolute atomic E-state index is 6.16. The first-order chi connectivity index (χ1) is 8.26. The molecule has 4 nitrogen and oxygen atoms in total. The van der Waals surface area contributed by atoms with Crippen LogP contribution in [0, 0.1) is 0 Å². The molecular weight excluding hydrogens is 216 g/mol. The third-order valence-electron chi connectivity index (χ3n) is 4.19. The molecule has 3 rings (SSSR count). The molecular formula is C13H24N2O2. The van der Waals surface area contributed by atoms with Crippen LogP contribution in [0.5, 0.6) is 0 Å². The highest BCUT2D eigenvalue weighted by molar-refractivity contribution is 4.86. The number of ether oxygens (including phenoxy) is 2. The van der Waals surface area contributed by atoms with E-state index in [0.29, 0.717) is 12.1 Å². The van der Waals surface area contributed by atoms with E-state index in [4.69, 9.17) is 9.47 Å². The fraction of sp³-hybridized carbons (Fsp3) is 1.00.